The van der Waals surface area contributed by atoms with Crippen molar-refractivity contribution in [2.75, 3.05) is 18.4 Å². The third-order valence-corrected chi connectivity index (χ3v) is 4.27. The zero-order valence-electron chi connectivity index (χ0n) is 11.2. The van der Waals surface area contributed by atoms with Gasteiger partial charge in [-0.2, -0.15) is 0 Å². The van der Waals surface area contributed by atoms with Crippen molar-refractivity contribution in [1.82, 2.24) is 5.32 Å². The monoisotopic (exact) mass is 260 g/mol. The first-order valence-corrected chi connectivity index (χ1v) is 7.00. The second-order valence-electron chi connectivity index (χ2n) is 5.55. The van der Waals surface area contributed by atoms with Crippen molar-refractivity contribution < 1.29 is 9.53 Å². The normalized spacial score (nSPS) is 22.7. The van der Waals surface area contributed by atoms with E-state index in [1.807, 2.05) is 24.3 Å². The van der Waals surface area contributed by atoms with Gasteiger partial charge in [-0.25, -0.2) is 0 Å². The van der Waals surface area contributed by atoms with Gasteiger partial charge < -0.3 is 15.4 Å². The lowest BCUT2D eigenvalue weighted by atomic mass is 10.0. The van der Waals surface area contributed by atoms with Gasteiger partial charge in [0.25, 0.3) is 5.91 Å². The number of benzene rings is 1. The predicted octanol–water partition coefficient (Wildman–Crippen LogP) is 2.17. The fraction of sp³-hybridized carbons (Fsp3) is 0.533. The van der Waals surface area contributed by atoms with E-state index in [1.54, 1.807) is 0 Å². The van der Waals surface area contributed by atoms with Crippen LogP contribution in [-0.2, 0) is 4.79 Å². The number of rotatable bonds is 4. The molecule has 1 aliphatic carbocycles. The lowest BCUT2D eigenvalue weighted by Gasteiger charge is -2.27. The summed E-state index contributed by atoms with van der Waals surface area (Å²) in [6.07, 6.45) is 3.18. The molecule has 1 amide bonds. The third kappa shape index (κ3) is 2.53. The van der Waals surface area contributed by atoms with Gasteiger partial charge in [0.05, 0.1) is 12.2 Å². The number of hydrogen-bond donors (Lipinski definition) is 2. The van der Waals surface area contributed by atoms with E-state index in [9.17, 15) is 4.79 Å². The van der Waals surface area contributed by atoms with Gasteiger partial charge in [-0.05, 0) is 36.8 Å². The van der Waals surface area contributed by atoms with Crippen LogP contribution < -0.4 is 15.4 Å². The van der Waals surface area contributed by atoms with E-state index in [4.69, 9.17) is 4.74 Å². The number of para-hydroxylation sites is 2. The third-order valence-electron chi connectivity index (χ3n) is 4.27. The highest BCUT2D eigenvalue weighted by molar-refractivity contribution is 5.83. The molecule has 102 valence electrons. The van der Waals surface area contributed by atoms with E-state index in [1.165, 1.54) is 12.8 Å². The minimum absolute atomic E-state index is 0.0123. The van der Waals surface area contributed by atoms with Gasteiger partial charge in [-0.1, -0.05) is 19.1 Å². The smallest absolute Gasteiger partial charge is 0.262 e. The van der Waals surface area contributed by atoms with Crippen molar-refractivity contribution in [2.24, 2.45) is 5.41 Å². The highest BCUT2D eigenvalue weighted by atomic mass is 16.5. The summed E-state index contributed by atoms with van der Waals surface area (Å²) in [4.78, 5) is 12.1. The Kier molecular flexibility index (Phi) is 3.09. The Labute approximate surface area is 113 Å². The van der Waals surface area contributed by atoms with Crippen molar-refractivity contribution in [3.63, 3.8) is 0 Å². The van der Waals surface area contributed by atoms with E-state index in [0.29, 0.717) is 12.0 Å². The summed E-state index contributed by atoms with van der Waals surface area (Å²) in [5, 5.41) is 6.27. The van der Waals surface area contributed by atoms with Crippen LogP contribution in [0.25, 0.3) is 0 Å². The summed E-state index contributed by atoms with van der Waals surface area (Å²) in [5.41, 5.74) is 1.33. The molecule has 0 saturated heterocycles. The standard InChI is InChI=1S/C15H20N2O2/c1-2-15(7-8-15)10-17-14(18)13-9-16-11-5-3-4-6-12(11)19-13/h3-6,13,16H,2,7-10H2,1H3,(H,17,18). The maximum Gasteiger partial charge on any atom is 0.262 e. The molecular formula is C15H20N2O2. The Morgan fingerprint density at radius 1 is 1.47 bits per heavy atom. The van der Waals surface area contributed by atoms with Gasteiger partial charge in [0.1, 0.15) is 5.75 Å². The van der Waals surface area contributed by atoms with Crippen molar-refractivity contribution in [2.45, 2.75) is 32.3 Å². The minimum atomic E-state index is -0.428. The average molecular weight is 260 g/mol. The zero-order valence-corrected chi connectivity index (χ0v) is 11.2. The summed E-state index contributed by atoms with van der Waals surface area (Å²) >= 11 is 0. The van der Waals surface area contributed by atoms with Crippen LogP contribution in [0.4, 0.5) is 5.69 Å². The molecule has 2 N–H and O–H groups in total. The molecular weight excluding hydrogens is 240 g/mol. The van der Waals surface area contributed by atoms with Crippen LogP contribution in [0.2, 0.25) is 0 Å². The number of hydrogen-bond acceptors (Lipinski definition) is 3. The van der Waals surface area contributed by atoms with Gasteiger partial charge in [0.2, 0.25) is 0 Å². The molecule has 1 aromatic carbocycles. The van der Waals surface area contributed by atoms with Crippen molar-refractivity contribution in [3.8, 4) is 5.75 Å². The summed E-state index contributed by atoms with van der Waals surface area (Å²) < 4.78 is 5.74. The largest absolute Gasteiger partial charge is 0.477 e. The van der Waals surface area contributed by atoms with Crippen LogP contribution in [-0.4, -0.2) is 25.1 Å². The second kappa shape index (κ2) is 4.76. The van der Waals surface area contributed by atoms with Crippen molar-refractivity contribution in [1.29, 1.82) is 0 Å². The molecule has 1 aromatic rings. The maximum atomic E-state index is 12.1. The van der Waals surface area contributed by atoms with Gasteiger partial charge in [-0.15, -0.1) is 0 Å². The first-order chi connectivity index (χ1) is 9.22. The molecule has 1 atom stereocenters. The van der Waals surface area contributed by atoms with Gasteiger partial charge >= 0.3 is 0 Å². The Hall–Kier alpha value is -1.71. The van der Waals surface area contributed by atoms with Crippen LogP contribution in [0, 0.1) is 5.41 Å². The van der Waals surface area contributed by atoms with Crippen LogP contribution >= 0.6 is 0 Å². The van der Waals surface area contributed by atoms with E-state index >= 15 is 0 Å². The number of ether oxygens (including phenoxy) is 1. The Balaban J connectivity index is 1.57. The fourth-order valence-corrected chi connectivity index (χ4v) is 2.48. The van der Waals surface area contributed by atoms with Gasteiger partial charge in [0.15, 0.2) is 6.10 Å². The van der Waals surface area contributed by atoms with Crippen LogP contribution in [0.15, 0.2) is 24.3 Å². The predicted molar refractivity (Wildman–Crippen MR) is 74.3 cm³/mol. The first-order valence-electron chi connectivity index (χ1n) is 7.00. The summed E-state index contributed by atoms with van der Waals surface area (Å²) in [6, 6.07) is 7.71. The first kappa shape index (κ1) is 12.3. The fourth-order valence-electron chi connectivity index (χ4n) is 2.48. The van der Waals surface area contributed by atoms with E-state index in [0.717, 1.165) is 24.4 Å². The summed E-state index contributed by atoms with van der Waals surface area (Å²) in [6.45, 7) is 3.50. The molecule has 0 spiro atoms. The van der Waals surface area contributed by atoms with Crippen molar-refractivity contribution >= 4 is 11.6 Å². The maximum absolute atomic E-state index is 12.1. The van der Waals surface area contributed by atoms with Gasteiger partial charge in [0, 0.05) is 6.54 Å². The molecule has 19 heavy (non-hydrogen) atoms. The molecule has 1 saturated carbocycles. The topological polar surface area (TPSA) is 50.4 Å². The van der Waals surface area contributed by atoms with Crippen LogP contribution in [0.1, 0.15) is 26.2 Å². The highest BCUT2D eigenvalue weighted by Crippen LogP contribution is 2.47. The van der Waals surface area contributed by atoms with Crippen molar-refractivity contribution in [3.05, 3.63) is 24.3 Å². The summed E-state index contributed by atoms with van der Waals surface area (Å²) in [5.74, 6) is 0.743. The van der Waals surface area contributed by atoms with Crippen LogP contribution in [0.5, 0.6) is 5.75 Å². The average Bonchev–Trinajstić information content (AvgIpc) is 3.25. The van der Waals surface area contributed by atoms with E-state index in [-0.39, 0.29) is 5.91 Å². The molecule has 2 aliphatic rings. The number of carbonyl (C=O) groups is 1. The SMILES string of the molecule is CCC1(CNC(=O)C2CNc3ccccc3O2)CC1. The number of anilines is 1. The van der Waals surface area contributed by atoms with Crippen LogP contribution in [0.3, 0.4) is 0 Å². The lowest BCUT2D eigenvalue weighted by molar-refractivity contribution is -0.127. The van der Waals surface area contributed by atoms with E-state index in [2.05, 4.69) is 17.6 Å². The molecule has 0 aromatic heterocycles. The Morgan fingerprint density at radius 2 is 2.26 bits per heavy atom. The highest BCUT2D eigenvalue weighted by Gasteiger charge is 2.41. The molecule has 0 bridgehead atoms. The molecule has 1 heterocycles. The molecule has 1 fully saturated rings. The number of carbonyl (C=O) groups excluding carboxylic acids is 1. The summed E-state index contributed by atoms with van der Waals surface area (Å²) in [7, 11) is 0. The number of nitrogens with one attached hydrogen (secondary N) is 2. The quantitative estimate of drug-likeness (QED) is 0.872. The molecule has 4 heteroatoms. The molecule has 1 unspecified atom stereocenters. The Bertz CT molecular complexity index is 483. The van der Waals surface area contributed by atoms with E-state index < -0.39 is 6.10 Å². The number of amides is 1. The minimum Gasteiger partial charge on any atom is -0.477 e. The second-order valence-corrected chi connectivity index (χ2v) is 5.55. The Morgan fingerprint density at radius 3 is 3.00 bits per heavy atom. The van der Waals surface area contributed by atoms with Gasteiger partial charge in [-0.3, -0.25) is 4.79 Å². The molecule has 0 radical (unpaired) electrons. The molecule has 1 aliphatic heterocycles. The molecule has 4 nitrogen and oxygen atoms in total. The lowest BCUT2D eigenvalue weighted by Crippen LogP contribution is -2.46. The zero-order chi connectivity index (χ0) is 13.3. The molecule has 3 rings (SSSR count). The number of fused-ring (bicyclic) bond motifs is 1.